The van der Waals surface area contributed by atoms with Crippen LogP contribution in [0.2, 0.25) is 0 Å². The maximum Gasteiger partial charge on any atom is 0.330 e. The minimum atomic E-state index is -0.0185. The second kappa shape index (κ2) is 7.11. The third-order valence-corrected chi connectivity index (χ3v) is 8.05. The van der Waals surface area contributed by atoms with E-state index in [2.05, 4.69) is 34.3 Å². The fourth-order valence-electron chi connectivity index (χ4n) is 5.13. The minimum Gasteiger partial charge on any atom is -0.380 e. The summed E-state index contributed by atoms with van der Waals surface area (Å²) < 4.78 is 10.1. The smallest absolute Gasteiger partial charge is 0.330 e. The Morgan fingerprint density at radius 1 is 1.19 bits per heavy atom. The molecule has 1 aliphatic heterocycles. The lowest BCUT2D eigenvalue weighted by molar-refractivity contribution is -0.135. The number of rotatable bonds is 3. The zero-order valence-electron chi connectivity index (χ0n) is 18.5. The molecule has 6 rings (SSSR count). The molecule has 1 aliphatic carbocycles. The zero-order valence-corrected chi connectivity index (χ0v) is 19.3. The van der Waals surface area contributed by atoms with Gasteiger partial charge in [-0.3, -0.25) is 9.13 Å². The van der Waals surface area contributed by atoms with Crippen molar-refractivity contribution in [2.24, 2.45) is 12.5 Å². The van der Waals surface area contributed by atoms with E-state index in [0.717, 1.165) is 70.9 Å². The van der Waals surface area contributed by atoms with Gasteiger partial charge in [-0.15, -0.1) is 11.3 Å². The number of hydrogen-bond donors (Lipinski definition) is 1. The van der Waals surface area contributed by atoms with E-state index in [1.807, 2.05) is 11.5 Å². The van der Waals surface area contributed by atoms with Crippen LogP contribution in [0.25, 0.3) is 21.4 Å². The second-order valence-corrected chi connectivity index (χ2v) is 10.6. The fraction of sp³-hybridized carbons (Fsp3) is 0.478. The van der Waals surface area contributed by atoms with Gasteiger partial charge in [-0.25, -0.2) is 14.8 Å². The van der Waals surface area contributed by atoms with Crippen LogP contribution in [0.1, 0.15) is 42.3 Å². The number of nitrogens with one attached hydrogen (secondary N) is 1. The predicted octanol–water partition coefficient (Wildman–Crippen LogP) is 4.23. The van der Waals surface area contributed by atoms with Gasteiger partial charge in [0.05, 0.1) is 34.6 Å². The SMILES string of the molecule is Cc1nc2cc(C)c(Nc3ncc4c(n3)n(C3CCC5(CC3)COC5)c(=O)n4C)cc2s1. The molecule has 32 heavy (non-hydrogen) atoms. The number of thiazole rings is 1. The van der Waals surface area contributed by atoms with E-state index in [9.17, 15) is 4.79 Å². The minimum absolute atomic E-state index is 0.0185. The first-order valence-electron chi connectivity index (χ1n) is 11.1. The molecule has 1 saturated carbocycles. The highest BCUT2D eigenvalue weighted by molar-refractivity contribution is 7.18. The molecule has 3 aromatic heterocycles. The quantitative estimate of drug-likeness (QED) is 0.503. The summed E-state index contributed by atoms with van der Waals surface area (Å²) >= 11 is 1.67. The van der Waals surface area contributed by atoms with Gasteiger partial charge in [-0.1, -0.05) is 0 Å². The van der Waals surface area contributed by atoms with Crippen LogP contribution in [0.15, 0.2) is 23.1 Å². The van der Waals surface area contributed by atoms with Crippen LogP contribution in [-0.2, 0) is 11.8 Å². The number of fused-ring (bicyclic) bond motifs is 2. The van der Waals surface area contributed by atoms with E-state index in [0.29, 0.717) is 17.0 Å². The van der Waals surface area contributed by atoms with Crippen molar-refractivity contribution in [3.63, 3.8) is 0 Å². The van der Waals surface area contributed by atoms with Crippen molar-refractivity contribution < 1.29 is 4.74 Å². The van der Waals surface area contributed by atoms with Crippen molar-refractivity contribution in [3.8, 4) is 0 Å². The van der Waals surface area contributed by atoms with Gasteiger partial charge in [-0.05, 0) is 57.2 Å². The van der Waals surface area contributed by atoms with Crippen LogP contribution in [0.3, 0.4) is 0 Å². The Hall–Kier alpha value is -2.78. The lowest BCUT2D eigenvalue weighted by atomic mass is 9.71. The van der Waals surface area contributed by atoms with E-state index in [4.69, 9.17) is 9.72 Å². The first-order valence-corrected chi connectivity index (χ1v) is 11.9. The Balaban J connectivity index is 1.36. The fourth-order valence-corrected chi connectivity index (χ4v) is 5.97. The molecule has 0 radical (unpaired) electrons. The highest BCUT2D eigenvalue weighted by Crippen LogP contribution is 2.45. The number of anilines is 2. The molecule has 1 N–H and O–H groups in total. The molecular formula is C23H26N6O2S. The molecular weight excluding hydrogens is 424 g/mol. The number of ether oxygens (including phenoxy) is 1. The van der Waals surface area contributed by atoms with Crippen LogP contribution in [0, 0.1) is 19.3 Å². The summed E-state index contributed by atoms with van der Waals surface area (Å²) in [6, 6.07) is 4.35. The highest BCUT2D eigenvalue weighted by atomic mass is 32.1. The number of aryl methyl sites for hydroxylation is 3. The van der Waals surface area contributed by atoms with Crippen molar-refractivity contribution in [3.05, 3.63) is 39.4 Å². The van der Waals surface area contributed by atoms with Gasteiger partial charge in [-0.2, -0.15) is 4.98 Å². The maximum atomic E-state index is 13.1. The summed E-state index contributed by atoms with van der Waals surface area (Å²) in [5.41, 5.74) is 4.83. The van der Waals surface area contributed by atoms with E-state index < -0.39 is 0 Å². The summed E-state index contributed by atoms with van der Waals surface area (Å²) in [6.45, 7) is 5.80. The summed E-state index contributed by atoms with van der Waals surface area (Å²) in [5.74, 6) is 0.500. The largest absolute Gasteiger partial charge is 0.380 e. The van der Waals surface area contributed by atoms with E-state index >= 15 is 0 Å². The average Bonchev–Trinajstić information content (AvgIpc) is 3.23. The van der Waals surface area contributed by atoms with Crippen molar-refractivity contribution in [2.45, 2.75) is 45.6 Å². The van der Waals surface area contributed by atoms with Gasteiger partial charge in [0.1, 0.15) is 5.52 Å². The van der Waals surface area contributed by atoms with Gasteiger partial charge in [0, 0.05) is 24.2 Å². The molecule has 2 fully saturated rings. The number of nitrogens with zero attached hydrogens (tertiary/aromatic N) is 5. The van der Waals surface area contributed by atoms with E-state index in [1.54, 1.807) is 29.1 Å². The monoisotopic (exact) mass is 450 g/mol. The zero-order chi connectivity index (χ0) is 22.0. The van der Waals surface area contributed by atoms with Gasteiger partial charge >= 0.3 is 5.69 Å². The summed E-state index contributed by atoms with van der Waals surface area (Å²) in [7, 11) is 1.80. The van der Waals surface area contributed by atoms with E-state index in [-0.39, 0.29) is 11.7 Å². The Bertz CT molecular complexity index is 1400. The molecule has 1 aromatic carbocycles. The lowest BCUT2D eigenvalue weighted by Gasteiger charge is -2.46. The van der Waals surface area contributed by atoms with Crippen molar-refractivity contribution >= 4 is 44.4 Å². The number of hydrogen-bond acceptors (Lipinski definition) is 7. The Labute approximate surface area is 189 Å². The van der Waals surface area contributed by atoms with Crippen LogP contribution >= 0.6 is 11.3 Å². The van der Waals surface area contributed by atoms with Crippen molar-refractivity contribution in [2.75, 3.05) is 18.5 Å². The molecule has 8 nitrogen and oxygen atoms in total. The van der Waals surface area contributed by atoms with Crippen LogP contribution in [-0.4, -0.2) is 37.3 Å². The first kappa shape index (κ1) is 19.9. The average molecular weight is 451 g/mol. The number of imidazole rings is 1. The standard InChI is InChI=1S/C23H26N6O2S/c1-13-8-17-19(32-14(2)25-17)9-16(13)26-21-24-10-18-20(27-21)29(22(30)28(18)3)15-4-6-23(7-5-15)11-31-12-23/h8-10,15H,4-7,11-12H2,1-3H3,(H,24,26,27). The van der Waals surface area contributed by atoms with Gasteiger partial charge in [0.15, 0.2) is 5.65 Å². The summed E-state index contributed by atoms with van der Waals surface area (Å²) in [5, 5.41) is 4.42. The third-order valence-electron chi connectivity index (χ3n) is 7.12. The van der Waals surface area contributed by atoms with Crippen LogP contribution in [0.5, 0.6) is 0 Å². The molecule has 166 valence electrons. The molecule has 0 amide bonds. The molecule has 0 unspecified atom stereocenters. The lowest BCUT2D eigenvalue weighted by Crippen LogP contribution is -2.46. The van der Waals surface area contributed by atoms with Gasteiger partial charge in [0.2, 0.25) is 5.95 Å². The molecule has 1 saturated heterocycles. The Morgan fingerprint density at radius 3 is 2.69 bits per heavy atom. The van der Waals surface area contributed by atoms with E-state index in [1.165, 1.54) is 0 Å². The Morgan fingerprint density at radius 2 is 1.97 bits per heavy atom. The molecule has 4 aromatic rings. The van der Waals surface area contributed by atoms with Gasteiger partial charge < -0.3 is 10.1 Å². The summed E-state index contributed by atoms with van der Waals surface area (Å²) in [4.78, 5) is 27.0. The summed E-state index contributed by atoms with van der Waals surface area (Å²) in [6.07, 6.45) is 5.91. The Kier molecular flexibility index (Phi) is 4.42. The topological polar surface area (TPSA) is 86.9 Å². The molecule has 9 heteroatoms. The molecule has 0 bridgehead atoms. The van der Waals surface area contributed by atoms with Crippen LogP contribution in [0.4, 0.5) is 11.6 Å². The number of aromatic nitrogens is 5. The molecule has 2 aliphatic rings. The number of benzene rings is 1. The van der Waals surface area contributed by atoms with Crippen LogP contribution < -0.4 is 11.0 Å². The van der Waals surface area contributed by atoms with Crippen molar-refractivity contribution in [1.29, 1.82) is 0 Å². The second-order valence-electron chi connectivity index (χ2n) is 9.33. The van der Waals surface area contributed by atoms with Crippen molar-refractivity contribution in [1.82, 2.24) is 24.1 Å². The highest BCUT2D eigenvalue weighted by Gasteiger charge is 2.42. The predicted molar refractivity (Wildman–Crippen MR) is 126 cm³/mol. The first-order chi connectivity index (χ1) is 15.4. The third kappa shape index (κ3) is 3.06. The molecule has 0 atom stereocenters. The maximum absolute atomic E-state index is 13.1. The van der Waals surface area contributed by atoms with Gasteiger partial charge in [0.25, 0.3) is 0 Å². The molecule has 4 heterocycles. The molecule has 1 spiro atoms. The normalized spacial score (nSPS) is 18.5.